The van der Waals surface area contributed by atoms with E-state index in [1.165, 1.54) is 11.8 Å². The summed E-state index contributed by atoms with van der Waals surface area (Å²) in [5, 5.41) is 7.20. The first-order chi connectivity index (χ1) is 12.2. The highest BCUT2D eigenvalue weighted by Crippen LogP contribution is 2.27. The highest BCUT2D eigenvalue weighted by atomic mass is 32.2. The quantitative estimate of drug-likeness (QED) is 0.611. The van der Waals surface area contributed by atoms with Gasteiger partial charge in [-0.05, 0) is 46.8 Å². The number of esters is 1. The van der Waals surface area contributed by atoms with E-state index in [1.807, 2.05) is 34.6 Å². The molecule has 0 bridgehead atoms. The summed E-state index contributed by atoms with van der Waals surface area (Å²) < 4.78 is 10.3. The number of nitrogens with one attached hydrogen (secondary N) is 1. The van der Waals surface area contributed by atoms with E-state index < -0.39 is 5.97 Å². The Kier molecular flexibility index (Phi) is 6.42. The number of nitrogens with zero attached hydrogens (tertiary/aromatic N) is 2. The number of amides is 1. The molecule has 1 amide bonds. The van der Waals surface area contributed by atoms with Gasteiger partial charge in [0.1, 0.15) is 10.8 Å². The Morgan fingerprint density at radius 3 is 2.65 bits per heavy atom. The number of carbonyl (C=O) groups excluding carboxylic acids is 2. The Morgan fingerprint density at radius 2 is 2.04 bits per heavy atom. The summed E-state index contributed by atoms with van der Waals surface area (Å²) in [5.41, 5.74) is 1.74. The van der Waals surface area contributed by atoms with Crippen LogP contribution < -0.4 is 5.32 Å². The lowest BCUT2D eigenvalue weighted by atomic mass is 10.1. The first-order valence-electron chi connectivity index (χ1n) is 8.15. The minimum atomic E-state index is -0.580. The summed E-state index contributed by atoms with van der Waals surface area (Å²) in [5.74, 6) is 0.389. The Labute approximate surface area is 156 Å². The van der Waals surface area contributed by atoms with Gasteiger partial charge in [0.2, 0.25) is 0 Å². The van der Waals surface area contributed by atoms with Crippen LogP contribution in [0.3, 0.4) is 0 Å². The fourth-order valence-electron chi connectivity index (χ4n) is 2.17. The van der Waals surface area contributed by atoms with E-state index >= 15 is 0 Å². The predicted octanol–water partition coefficient (Wildman–Crippen LogP) is 3.05. The van der Waals surface area contributed by atoms with Crippen LogP contribution in [0.2, 0.25) is 0 Å². The van der Waals surface area contributed by atoms with E-state index in [1.54, 1.807) is 18.3 Å². The molecule has 2 rings (SSSR count). The molecule has 0 radical (unpaired) electrons. The van der Waals surface area contributed by atoms with Gasteiger partial charge >= 0.3 is 5.97 Å². The van der Waals surface area contributed by atoms with Gasteiger partial charge in [-0.15, -0.1) is 11.8 Å². The number of thioether (sulfide) groups is 1. The lowest BCUT2D eigenvalue weighted by Crippen LogP contribution is -2.42. The molecule has 7 nitrogen and oxygen atoms in total. The third-order valence-corrected chi connectivity index (χ3v) is 4.41. The zero-order chi connectivity index (χ0) is 19.3. The lowest BCUT2D eigenvalue weighted by Gasteiger charge is -2.20. The number of hydrogen-bond acceptors (Lipinski definition) is 7. The molecule has 2 aromatic heterocycles. The normalized spacial score (nSPS) is 11.3. The maximum atomic E-state index is 12.3. The monoisotopic (exact) mass is 377 g/mol. The van der Waals surface area contributed by atoms with Crippen molar-refractivity contribution in [1.82, 2.24) is 15.5 Å². The number of aromatic nitrogens is 2. The largest absolute Gasteiger partial charge is 0.452 e. The summed E-state index contributed by atoms with van der Waals surface area (Å²) in [4.78, 5) is 28.4. The average Bonchev–Trinajstić information content (AvgIpc) is 2.88. The van der Waals surface area contributed by atoms with Crippen molar-refractivity contribution in [3.8, 4) is 0 Å². The molecule has 0 aliphatic carbocycles. The summed E-state index contributed by atoms with van der Waals surface area (Å²) in [6, 6.07) is 3.29. The van der Waals surface area contributed by atoms with Crippen molar-refractivity contribution in [3.63, 3.8) is 0 Å². The van der Waals surface area contributed by atoms with Crippen molar-refractivity contribution in [2.45, 2.75) is 50.9 Å². The predicted molar refractivity (Wildman–Crippen MR) is 98.0 cm³/mol. The summed E-state index contributed by atoms with van der Waals surface area (Å²) in [6.07, 6.45) is 1.61. The van der Waals surface area contributed by atoms with E-state index in [-0.39, 0.29) is 18.1 Å². The van der Waals surface area contributed by atoms with Crippen molar-refractivity contribution in [3.05, 3.63) is 40.9 Å². The molecule has 0 atom stereocenters. The van der Waals surface area contributed by atoms with E-state index in [2.05, 4.69) is 15.5 Å². The maximum absolute atomic E-state index is 12.3. The number of pyridine rings is 1. The van der Waals surface area contributed by atoms with Gasteiger partial charge in [0.15, 0.2) is 6.61 Å². The van der Waals surface area contributed by atoms with Gasteiger partial charge in [-0.2, -0.15) is 0 Å². The lowest BCUT2D eigenvalue weighted by molar-refractivity contribution is -0.125. The number of hydrogen-bond donors (Lipinski definition) is 1. The average molecular weight is 377 g/mol. The van der Waals surface area contributed by atoms with Crippen LogP contribution in [0.5, 0.6) is 0 Å². The molecule has 8 heteroatoms. The van der Waals surface area contributed by atoms with E-state index in [9.17, 15) is 9.59 Å². The molecule has 26 heavy (non-hydrogen) atoms. The standard InChI is InChI=1S/C18H23N3O4S/c1-11-14(12(2)25-21-11)10-26-16-13(7-6-8-19-16)17(23)24-9-15(22)20-18(3,4)5/h6-8H,9-10H2,1-5H3,(H,20,22). The van der Waals surface area contributed by atoms with Gasteiger partial charge in [-0.1, -0.05) is 5.16 Å². The van der Waals surface area contributed by atoms with Crippen molar-refractivity contribution in [2.75, 3.05) is 6.61 Å². The van der Waals surface area contributed by atoms with Crippen LogP contribution in [0.15, 0.2) is 27.9 Å². The highest BCUT2D eigenvalue weighted by molar-refractivity contribution is 7.98. The third-order valence-electron chi connectivity index (χ3n) is 3.37. The first kappa shape index (κ1) is 20.0. The van der Waals surface area contributed by atoms with Crippen LogP contribution in [0.1, 0.15) is 48.1 Å². The van der Waals surface area contributed by atoms with Gasteiger partial charge in [0, 0.05) is 23.1 Å². The zero-order valence-electron chi connectivity index (χ0n) is 15.6. The van der Waals surface area contributed by atoms with Crippen molar-refractivity contribution < 1.29 is 18.8 Å². The van der Waals surface area contributed by atoms with E-state index in [0.717, 1.165) is 17.0 Å². The maximum Gasteiger partial charge on any atom is 0.341 e. The Hall–Kier alpha value is -2.35. The van der Waals surface area contributed by atoms with Gasteiger partial charge in [0.05, 0.1) is 11.3 Å². The van der Waals surface area contributed by atoms with Crippen molar-refractivity contribution in [2.24, 2.45) is 0 Å². The van der Waals surface area contributed by atoms with Gasteiger partial charge in [-0.3, -0.25) is 4.79 Å². The molecule has 0 spiro atoms. The van der Waals surface area contributed by atoms with Crippen LogP contribution in [0.4, 0.5) is 0 Å². The molecule has 2 heterocycles. The molecule has 0 unspecified atom stereocenters. The minimum absolute atomic E-state index is 0.327. The fraction of sp³-hybridized carbons (Fsp3) is 0.444. The van der Waals surface area contributed by atoms with Crippen molar-refractivity contribution in [1.29, 1.82) is 0 Å². The van der Waals surface area contributed by atoms with Gasteiger partial charge in [0.25, 0.3) is 5.91 Å². The third kappa shape index (κ3) is 5.59. The second-order valence-electron chi connectivity index (χ2n) is 6.82. The summed E-state index contributed by atoms with van der Waals surface area (Å²) in [6.45, 7) is 8.95. The number of rotatable bonds is 6. The molecule has 0 saturated heterocycles. The molecule has 2 aromatic rings. The van der Waals surface area contributed by atoms with Crippen LogP contribution in [0.25, 0.3) is 0 Å². The molecule has 0 fully saturated rings. The molecular formula is C18H23N3O4S. The molecule has 0 aliphatic rings. The number of ether oxygens (including phenoxy) is 1. The highest BCUT2D eigenvalue weighted by Gasteiger charge is 2.19. The molecule has 0 saturated carbocycles. The Bertz CT molecular complexity index is 776. The zero-order valence-corrected chi connectivity index (χ0v) is 16.4. The second-order valence-corrected chi connectivity index (χ2v) is 7.79. The number of carbonyl (C=O) groups is 2. The molecular weight excluding hydrogens is 354 g/mol. The van der Waals surface area contributed by atoms with Crippen LogP contribution in [0, 0.1) is 13.8 Å². The van der Waals surface area contributed by atoms with Crippen LogP contribution in [-0.2, 0) is 15.3 Å². The Balaban J connectivity index is 2.01. The Morgan fingerprint density at radius 1 is 1.31 bits per heavy atom. The first-order valence-corrected chi connectivity index (χ1v) is 9.13. The SMILES string of the molecule is Cc1noc(C)c1CSc1ncccc1C(=O)OCC(=O)NC(C)(C)C. The van der Waals surface area contributed by atoms with Gasteiger partial charge in [-0.25, -0.2) is 9.78 Å². The number of aryl methyl sites for hydroxylation is 2. The minimum Gasteiger partial charge on any atom is -0.452 e. The van der Waals surface area contributed by atoms with E-state index in [0.29, 0.717) is 16.3 Å². The smallest absolute Gasteiger partial charge is 0.341 e. The van der Waals surface area contributed by atoms with Crippen LogP contribution >= 0.6 is 11.8 Å². The van der Waals surface area contributed by atoms with Crippen LogP contribution in [-0.4, -0.2) is 34.2 Å². The topological polar surface area (TPSA) is 94.3 Å². The molecule has 1 N–H and O–H groups in total. The van der Waals surface area contributed by atoms with E-state index in [4.69, 9.17) is 9.26 Å². The second kappa shape index (κ2) is 8.35. The van der Waals surface area contributed by atoms with Crippen molar-refractivity contribution >= 4 is 23.6 Å². The summed E-state index contributed by atoms with van der Waals surface area (Å²) in [7, 11) is 0. The molecule has 0 aliphatic heterocycles. The molecule has 0 aromatic carbocycles. The van der Waals surface area contributed by atoms with Gasteiger partial charge < -0.3 is 14.6 Å². The molecule has 140 valence electrons. The summed E-state index contributed by atoms with van der Waals surface area (Å²) >= 11 is 1.39. The fourth-order valence-corrected chi connectivity index (χ4v) is 3.31.